The average molecular weight is 331 g/mol. The molecule has 1 aromatic rings. The summed E-state index contributed by atoms with van der Waals surface area (Å²) in [4.78, 5) is 24.6. The number of ether oxygens (including phenoxy) is 1. The molecule has 1 heterocycles. The van der Waals surface area contributed by atoms with E-state index in [-0.39, 0.29) is 30.3 Å². The van der Waals surface area contributed by atoms with E-state index in [0.717, 1.165) is 6.07 Å². The third-order valence-electron chi connectivity index (χ3n) is 3.53. The van der Waals surface area contributed by atoms with E-state index in [9.17, 15) is 19.1 Å². The van der Waals surface area contributed by atoms with E-state index in [1.54, 1.807) is 0 Å². The summed E-state index contributed by atoms with van der Waals surface area (Å²) >= 11 is 5.79. The molecule has 3 N–H and O–H groups in total. The average Bonchev–Trinajstić information content (AvgIpc) is 2.46. The normalized spacial score (nSPS) is 21.5. The zero-order valence-electron chi connectivity index (χ0n) is 11.7. The predicted molar refractivity (Wildman–Crippen MR) is 76.9 cm³/mol. The van der Waals surface area contributed by atoms with Crippen molar-refractivity contribution in [1.82, 2.24) is 4.90 Å². The van der Waals surface area contributed by atoms with Crippen molar-refractivity contribution >= 4 is 23.4 Å². The van der Waals surface area contributed by atoms with Crippen LogP contribution in [-0.4, -0.2) is 47.1 Å². The van der Waals surface area contributed by atoms with Crippen LogP contribution in [0.25, 0.3) is 0 Å². The molecule has 0 radical (unpaired) electrons. The molecule has 0 saturated carbocycles. The first kappa shape index (κ1) is 16.5. The molecule has 8 heteroatoms. The van der Waals surface area contributed by atoms with Crippen LogP contribution in [0.3, 0.4) is 0 Å². The molecule has 0 bridgehead atoms. The number of piperidine rings is 1. The SMILES string of the molecule is NC(=O)[C@]1(O)CCCN(C(=O)COc2ccc(F)cc2Cl)C1. The molecule has 1 aliphatic rings. The van der Waals surface area contributed by atoms with Crippen molar-refractivity contribution in [3.8, 4) is 5.75 Å². The van der Waals surface area contributed by atoms with Gasteiger partial charge in [-0.3, -0.25) is 9.59 Å². The molecule has 0 unspecified atom stereocenters. The minimum absolute atomic E-state index is 0.0556. The molecule has 1 aliphatic heterocycles. The van der Waals surface area contributed by atoms with Gasteiger partial charge >= 0.3 is 0 Å². The summed E-state index contributed by atoms with van der Waals surface area (Å²) in [5, 5.41) is 10.1. The second-order valence-electron chi connectivity index (χ2n) is 5.18. The van der Waals surface area contributed by atoms with Crippen molar-refractivity contribution in [2.45, 2.75) is 18.4 Å². The van der Waals surface area contributed by atoms with Crippen molar-refractivity contribution < 1.29 is 23.8 Å². The zero-order valence-corrected chi connectivity index (χ0v) is 12.5. The van der Waals surface area contributed by atoms with Crippen molar-refractivity contribution in [3.63, 3.8) is 0 Å². The maximum absolute atomic E-state index is 12.9. The second kappa shape index (κ2) is 6.50. The predicted octanol–water partition coefficient (Wildman–Crippen LogP) is 0.697. The number of β-amino-alcohol motifs (C(OH)–C–C–N with tert-alkyl or cyclic N) is 1. The molecule has 120 valence electrons. The Labute approximate surface area is 131 Å². The van der Waals surface area contributed by atoms with Crippen LogP contribution in [0, 0.1) is 5.82 Å². The summed E-state index contributed by atoms with van der Waals surface area (Å²) in [6.07, 6.45) is 0.680. The van der Waals surface area contributed by atoms with E-state index in [0.29, 0.717) is 13.0 Å². The standard InChI is InChI=1S/C14H16ClFN2O4/c15-10-6-9(16)2-3-11(10)22-7-12(19)18-5-1-4-14(21,8-18)13(17)20/h2-3,6,21H,1,4-5,7-8H2,(H2,17,20)/t14-/m0/s1. The first-order chi connectivity index (χ1) is 10.3. The first-order valence-electron chi connectivity index (χ1n) is 6.70. The van der Waals surface area contributed by atoms with Crippen LogP contribution in [0.4, 0.5) is 4.39 Å². The number of carbonyl (C=O) groups excluding carboxylic acids is 2. The summed E-state index contributed by atoms with van der Waals surface area (Å²) < 4.78 is 18.2. The largest absolute Gasteiger partial charge is 0.482 e. The fraction of sp³-hybridized carbons (Fsp3) is 0.429. The lowest BCUT2D eigenvalue weighted by atomic mass is 9.92. The fourth-order valence-corrected chi connectivity index (χ4v) is 2.50. The lowest BCUT2D eigenvalue weighted by Crippen LogP contribution is -2.57. The monoisotopic (exact) mass is 330 g/mol. The highest BCUT2D eigenvalue weighted by molar-refractivity contribution is 6.32. The molecule has 2 amide bonds. The second-order valence-corrected chi connectivity index (χ2v) is 5.59. The molecule has 1 atom stereocenters. The maximum Gasteiger partial charge on any atom is 0.260 e. The van der Waals surface area contributed by atoms with E-state index < -0.39 is 23.2 Å². The highest BCUT2D eigenvalue weighted by atomic mass is 35.5. The van der Waals surface area contributed by atoms with Crippen molar-refractivity contribution in [3.05, 3.63) is 29.0 Å². The van der Waals surface area contributed by atoms with E-state index in [1.165, 1.54) is 17.0 Å². The number of aliphatic hydroxyl groups is 1. The van der Waals surface area contributed by atoms with E-state index in [4.69, 9.17) is 22.1 Å². The van der Waals surface area contributed by atoms with Gasteiger partial charge in [-0.1, -0.05) is 11.6 Å². The van der Waals surface area contributed by atoms with Crippen LogP contribution in [-0.2, 0) is 9.59 Å². The van der Waals surface area contributed by atoms with Gasteiger partial charge in [-0.2, -0.15) is 0 Å². The van der Waals surface area contributed by atoms with Gasteiger partial charge in [0.15, 0.2) is 12.2 Å². The number of primary amides is 1. The highest BCUT2D eigenvalue weighted by Crippen LogP contribution is 2.25. The quantitative estimate of drug-likeness (QED) is 0.849. The van der Waals surface area contributed by atoms with Gasteiger partial charge in [-0.25, -0.2) is 4.39 Å². The third-order valence-corrected chi connectivity index (χ3v) is 3.82. The van der Waals surface area contributed by atoms with E-state index in [2.05, 4.69) is 0 Å². The molecule has 1 saturated heterocycles. The van der Waals surface area contributed by atoms with Gasteiger partial charge in [0.25, 0.3) is 11.8 Å². The summed E-state index contributed by atoms with van der Waals surface area (Å²) in [6.45, 7) is -0.100. The van der Waals surface area contributed by atoms with Gasteiger partial charge in [0.2, 0.25) is 0 Å². The van der Waals surface area contributed by atoms with E-state index >= 15 is 0 Å². The van der Waals surface area contributed by atoms with Gasteiger partial charge in [0.05, 0.1) is 11.6 Å². The number of nitrogens with zero attached hydrogens (tertiary/aromatic N) is 1. The topological polar surface area (TPSA) is 92.9 Å². The molecule has 2 rings (SSSR count). The van der Waals surface area contributed by atoms with Crippen LogP contribution >= 0.6 is 11.6 Å². The molecular formula is C14H16ClFN2O4. The maximum atomic E-state index is 12.9. The number of halogens is 2. The molecule has 0 aliphatic carbocycles. The molecule has 1 aromatic carbocycles. The summed E-state index contributed by atoms with van der Waals surface area (Å²) in [5.41, 5.74) is 3.44. The van der Waals surface area contributed by atoms with Gasteiger partial charge in [0.1, 0.15) is 11.6 Å². The number of rotatable bonds is 4. The summed E-state index contributed by atoms with van der Waals surface area (Å²) in [6, 6.07) is 3.56. The first-order valence-corrected chi connectivity index (χ1v) is 7.07. The van der Waals surface area contributed by atoms with Crippen LogP contribution < -0.4 is 10.5 Å². The number of hydrogen-bond acceptors (Lipinski definition) is 4. The van der Waals surface area contributed by atoms with Crippen molar-refractivity contribution in [1.29, 1.82) is 0 Å². The Hall–Kier alpha value is -1.86. The Morgan fingerprint density at radius 2 is 2.23 bits per heavy atom. The lowest BCUT2D eigenvalue weighted by Gasteiger charge is -2.36. The Morgan fingerprint density at radius 3 is 2.86 bits per heavy atom. The number of benzene rings is 1. The number of likely N-dealkylation sites (tertiary alicyclic amines) is 1. The Morgan fingerprint density at radius 1 is 1.50 bits per heavy atom. The molecular weight excluding hydrogens is 315 g/mol. The minimum atomic E-state index is -1.71. The zero-order chi connectivity index (χ0) is 16.3. The minimum Gasteiger partial charge on any atom is -0.482 e. The fourth-order valence-electron chi connectivity index (χ4n) is 2.27. The van der Waals surface area contributed by atoms with Crippen LogP contribution in [0.15, 0.2) is 18.2 Å². The Bertz CT molecular complexity index is 598. The Balaban J connectivity index is 1.96. The van der Waals surface area contributed by atoms with Crippen molar-refractivity contribution in [2.75, 3.05) is 19.7 Å². The summed E-state index contributed by atoms with van der Waals surface area (Å²) in [5.74, 6) is -1.60. The van der Waals surface area contributed by atoms with Gasteiger partial charge < -0.3 is 20.5 Å². The number of nitrogens with two attached hydrogens (primary N) is 1. The van der Waals surface area contributed by atoms with Crippen LogP contribution in [0.2, 0.25) is 5.02 Å². The number of amides is 2. The smallest absolute Gasteiger partial charge is 0.260 e. The Kier molecular flexibility index (Phi) is 4.87. The third kappa shape index (κ3) is 3.66. The molecule has 0 spiro atoms. The van der Waals surface area contributed by atoms with Gasteiger partial charge in [-0.15, -0.1) is 0 Å². The molecule has 22 heavy (non-hydrogen) atoms. The van der Waals surface area contributed by atoms with Crippen LogP contribution in [0.1, 0.15) is 12.8 Å². The number of carbonyl (C=O) groups is 2. The molecule has 1 fully saturated rings. The van der Waals surface area contributed by atoms with Crippen molar-refractivity contribution in [2.24, 2.45) is 5.73 Å². The van der Waals surface area contributed by atoms with Crippen LogP contribution in [0.5, 0.6) is 5.75 Å². The lowest BCUT2D eigenvalue weighted by molar-refractivity contribution is -0.150. The highest BCUT2D eigenvalue weighted by Gasteiger charge is 2.40. The van der Waals surface area contributed by atoms with E-state index in [1.807, 2.05) is 0 Å². The summed E-state index contributed by atoms with van der Waals surface area (Å²) in [7, 11) is 0. The number of hydrogen-bond donors (Lipinski definition) is 2. The molecule has 6 nitrogen and oxygen atoms in total. The molecule has 0 aromatic heterocycles. The van der Waals surface area contributed by atoms with Gasteiger partial charge in [0, 0.05) is 6.54 Å². The van der Waals surface area contributed by atoms with Gasteiger partial charge in [-0.05, 0) is 31.0 Å².